The van der Waals surface area contributed by atoms with Crippen LogP contribution in [0.4, 0.5) is 5.69 Å². The molecule has 2 aromatic rings. The van der Waals surface area contributed by atoms with E-state index in [4.69, 9.17) is 0 Å². The Balaban J connectivity index is 1.57. The highest BCUT2D eigenvalue weighted by molar-refractivity contribution is 7.91. The molecule has 1 aromatic heterocycles. The van der Waals surface area contributed by atoms with Crippen LogP contribution in [0.25, 0.3) is 0 Å². The minimum Gasteiger partial charge on any atom is -0.323 e. The lowest BCUT2D eigenvalue weighted by molar-refractivity contribution is -0.917. The number of carbonyl (C=O) groups excluding carboxylic acids is 1. The summed E-state index contributed by atoms with van der Waals surface area (Å²) in [5.74, 6) is -0.0456. The van der Waals surface area contributed by atoms with E-state index in [2.05, 4.69) is 5.32 Å². The van der Waals surface area contributed by atoms with Crippen LogP contribution in [0.5, 0.6) is 0 Å². The van der Waals surface area contributed by atoms with Crippen LogP contribution in [0.3, 0.4) is 0 Å². The van der Waals surface area contributed by atoms with Crippen molar-refractivity contribution < 1.29 is 18.1 Å². The van der Waals surface area contributed by atoms with Gasteiger partial charge in [-0.15, -0.1) is 11.3 Å². The first-order valence-electron chi connectivity index (χ1n) is 8.22. The van der Waals surface area contributed by atoms with Gasteiger partial charge in [-0.25, -0.2) is 8.42 Å². The third kappa shape index (κ3) is 4.09. The van der Waals surface area contributed by atoms with Crippen molar-refractivity contribution in [2.75, 3.05) is 31.5 Å². The Hall–Kier alpha value is -1.74. The molecule has 0 radical (unpaired) electrons. The van der Waals surface area contributed by atoms with E-state index < -0.39 is 10.0 Å². The molecule has 25 heavy (non-hydrogen) atoms. The zero-order valence-corrected chi connectivity index (χ0v) is 15.6. The molecule has 1 aliphatic heterocycles. The van der Waals surface area contributed by atoms with Crippen molar-refractivity contribution in [1.82, 2.24) is 4.31 Å². The van der Waals surface area contributed by atoms with E-state index in [9.17, 15) is 13.2 Å². The van der Waals surface area contributed by atoms with Crippen molar-refractivity contribution in [2.24, 2.45) is 0 Å². The van der Waals surface area contributed by atoms with Gasteiger partial charge in [0.05, 0.1) is 26.2 Å². The lowest BCUT2D eigenvalue weighted by Crippen LogP contribution is -3.19. The number of benzene rings is 1. The molecular formula is C17H22N3O3S2+. The quantitative estimate of drug-likeness (QED) is 0.801. The van der Waals surface area contributed by atoms with Crippen LogP contribution in [0.1, 0.15) is 6.92 Å². The standard InChI is InChI=1S/C17H21N3O3S2/c1-14(17(21)18-15-6-3-2-4-7-15)19-9-11-20(12-10-19)25(22,23)16-8-5-13-24-16/h2-8,13-14H,9-12H2,1H3,(H,18,21)/p+1/t14-/m0/s1. The minimum absolute atomic E-state index is 0.0456. The maximum absolute atomic E-state index is 12.5. The van der Waals surface area contributed by atoms with Crippen LogP contribution in [0.2, 0.25) is 0 Å². The molecule has 1 saturated heterocycles. The first-order chi connectivity index (χ1) is 12.0. The van der Waals surface area contributed by atoms with E-state index in [0.29, 0.717) is 30.4 Å². The topological polar surface area (TPSA) is 70.9 Å². The van der Waals surface area contributed by atoms with E-state index in [1.807, 2.05) is 37.3 Å². The van der Waals surface area contributed by atoms with Gasteiger partial charge in [0.2, 0.25) is 0 Å². The summed E-state index contributed by atoms with van der Waals surface area (Å²) in [6.07, 6.45) is 0. The van der Waals surface area contributed by atoms with Crippen LogP contribution in [0, 0.1) is 0 Å². The van der Waals surface area contributed by atoms with E-state index in [0.717, 1.165) is 10.6 Å². The molecular weight excluding hydrogens is 358 g/mol. The zero-order chi connectivity index (χ0) is 17.9. The Kier molecular flexibility index (Phi) is 5.53. The zero-order valence-electron chi connectivity index (χ0n) is 14.0. The lowest BCUT2D eigenvalue weighted by atomic mass is 10.2. The summed E-state index contributed by atoms with van der Waals surface area (Å²) in [7, 11) is -3.40. The first kappa shape index (κ1) is 18.1. The molecule has 0 unspecified atom stereocenters. The molecule has 0 saturated carbocycles. The van der Waals surface area contributed by atoms with Crippen molar-refractivity contribution in [3.8, 4) is 0 Å². The Labute approximate surface area is 152 Å². The molecule has 1 aromatic carbocycles. The molecule has 0 bridgehead atoms. The Morgan fingerprint density at radius 2 is 1.84 bits per heavy atom. The van der Waals surface area contributed by atoms with Crippen molar-refractivity contribution in [2.45, 2.75) is 17.2 Å². The third-order valence-corrected chi connectivity index (χ3v) is 7.77. The van der Waals surface area contributed by atoms with Gasteiger partial charge in [-0.1, -0.05) is 24.3 Å². The molecule has 2 N–H and O–H groups in total. The van der Waals surface area contributed by atoms with Gasteiger partial charge in [-0.2, -0.15) is 4.31 Å². The van der Waals surface area contributed by atoms with Crippen LogP contribution in [-0.2, 0) is 14.8 Å². The number of carbonyl (C=O) groups is 1. The summed E-state index contributed by atoms with van der Waals surface area (Å²) in [5, 5.41) is 4.68. The highest BCUT2D eigenvalue weighted by Gasteiger charge is 2.34. The summed E-state index contributed by atoms with van der Waals surface area (Å²) >= 11 is 1.24. The smallest absolute Gasteiger partial charge is 0.282 e. The van der Waals surface area contributed by atoms with Crippen LogP contribution < -0.4 is 10.2 Å². The minimum atomic E-state index is -3.40. The number of hydrogen-bond donors (Lipinski definition) is 2. The number of anilines is 1. The highest BCUT2D eigenvalue weighted by Crippen LogP contribution is 2.20. The van der Waals surface area contributed by atoms with Crippen LogP contribution >= 0.6 is 11.3 Å². The second-order valence-corrected chi connectivity index (χ2v) is 9.18. The first-order valence-corrected chi connectivity index (χ1v) is 10.5. The molecule has 0 aliphatic carbocycles. The fourth-order valence-corrected chi connectivity index (χ4v) is 5.53. The monoisotopic (exact) mass is 380 g/mol. The number of quaternary nitrogens is 1. The summed E-state index contributed by atoms with van der Waals surface area (Å²) in [6, 6.07) is 12.5. The van der Waals surface area contributed by atoms with Gasteiger partial charge in [0.15, 0.2) is 6.04 Å². The highest BCUT2D eigenvalue weighted by atomic mass is 32.2. The predicted octanol–water partition coefficient (Wildman–Crippen LogP) is 0.664. The van der Waals surface area contributed by atoms with Gasteiger partial charge < -0.3 is 10.2 Å². The molecule has 1 amide bonds. The number of amides is 1. The van der Waals surface area contributed by atoms with E-state index in [1.54, 1.807) is 17.5 Å². The van der Waals surface area contributed by atoms with Gasteiger partial charge in [0.25, 0.3) is 15.9 Å². The largest absolute Gasteiger partial charge is 0.323 e. The van der Waals surface area contributed by atoms with Gasteiger partial charge in [-0.05, 0) is 30.5 Å². The van der Waals surface area contributed by atoms with Crippen LogP contribution in [0.15, 0.2) is 52.1 Å². The summed E-state index contributed by atoms with van der Waals surface area (Å²) in [5.41, 5.74) is 0.776. The van der Waals surface area contributed by atoms with E-state index in [-0.39, 0.29) is 11.9 Å². The Morgan fingerprint density at radius 1 is 1.16 bits per heavy atom. The normalized spacial score (nSPS) is 18.0. The van der Waals surface area contributed by atoms with Gasteiger partial charge in [0, 0.05) is 5.69 Å². The molecule has 1 aliphatic rings. The molecule has 0 spiro atoms. The number of sulfonamides is 1. The molecule has 1 atom stereocenters. The van der Waals surface area contributed by atoms with Gasteiger partial charge >= 0.3 is 0 Å². The fourth-order valence-electron chi connectivity index (χ4n) is 2.94. The average molecular weight is 381 g/mol. The lowest BCUT2D eigenvalue weighted by Gasteiger charge is -2.33. The predicted molar refractivity (Wildman–Crippen MR) is 98.3 cm³/mol. The van der Waals surface area contributed by atoms with Crippen LogP contribution in [-0.4, -0.2) is 50.9 Å². The fraction of sp³-hybridized carbons (Fsp3) is 0.353. The molecule has 6 nitrogen and oxygen atoms in total. The van der Waals surface area contributed by atoms with E-state index >= 15 is 0 Å². The number of nitrogens with one attached hydrogen (secondary N) is 2. The molecule has 2 heterocycles. The van der Waals surface area contributed by atoms with Gasteiger partial charge in [-0.3, -0.25) is 4.79 Å². The number of piperazine rings is 1. The molecule has 3 rings (SSSR count). The maximum atomic E-state index is 12.5. The van der Waals surface area contributed by atoms with Crippen molar-refractivity contribution >= 4 is 33.0 Å². The Bertz CT molecular complexity index is 799. The van der Waals surface area contributed by atoms with E-state index in [1.165, 1.54) is 15.6 Å². The summed E-state index contributed by atoms with van der Waals surface area (Å²) < 4.78 is 27.0. The molecule has 134 valence electrons. The second-order valence-electron chi connectivity index (χ2n) is 6.07. The molecule has 8 heteroatoms. The number of para-hydroxylation sites is 1. The maximum Gasteiger partial charge on any atom is 0.282 e. The molecule has 1 fully saturated rings. The average Bonchev–Trinajstić information content (AvgIpc) is 3.17. The summed E-state index contributed by atoms with van der Waals surface area (Å²) in [4.78, 5) is 13.5. The van der Waals surface area contributed by atoms with Crippen molar-refractivity contribution in [1.29, 1.82) is 0 Å². The number of nitrogens with zero attached hydrogens (tertiary/aromatic N) is 1. The second kappa shape index (κ2) is 7.65. The number of thiophene rings is 1. The Morgan fingerprint density at radius 3 is 2.44 bits per heavy atom. The van der Waals surface area contributed by atoms with Crippen molar-refractivity contribution in [3.05, 3.63) is 47.8 Å². The van der Waals surface area contributed by atoms with Gasteiger partial charge in [0.1, 0.15) is 4.21 Å². The van der Waals surface area contributed by atoms with Crippen molar-refractivity contribution in [3.63, 3.8) is 0 Å². The SMILES string of the molecule is C[C@@H](C(=O)Nc1ccccc1)[NH+]1CCN(S(=O)(=O)c2cccs2)CC1. The number of hydrogen-bond acceptors (Lipinski definition) is 4. The third-order valence-electron chi connectivity index (χ3n) is 4.50. The summed E-state index contributed by atoms with van der Waals surface area (Å²) in [6.45, 7) is 3.98. The number of rotatable bonds is 5.